The molecule has 0 bridgehead atoms. The number of halogens is 1. The fourth-order valence-corrected chi connectivity index (χ4v) is 1.95. The van der Waals surface area contributed by atoms with Gasteiger partial charge in [0.15, 0.2) is 6.10 Å². The highest BCUT2D eigenvalue weighted by Gasteiger charge is 2.20. The fourth-order valence-electron chi connectivity index (χ4n) is 1.76. The van der Waals surface area contributed by atoms with Gasteiger partial charge < -0.3 is 14.6 Å². The molecule has 0 aliphatic heterocycles. The number of nitrogens with one attached hydrogen (secondary N) is 1. The van der Waals surface area contributed by atoms with E-state index in [9.17, 15) is 9.59 Å². The first-order valence-electron chi connectivity index (χ1n) is 6.36. The summed E-state index contributed by atoms with van der Waals surface area (Å²) in [6.07, 6.45) is 0.819. The van der Waals surface area contributed by atoms with Crippen molar-refractivity contribution in [3.05, 3.63) is 53.3 Å². The van der Waals surface area contributed by atoms with Gasteiger partial charge in [-0.15, -0.1) is 0 Å². The molecule has 0 saturated carbocycles. The quantitative estimate of drug-likeness (QED) is 0.884. The van der Waals surface area contributed by atoms with Crippen molar-refractivity contribution in [1.82, 2.24) is 4.57 Å². The van der Waals surface area contributed by atoms with E-state index in [0.717, 1.165) is 0 Å². The molecule has 1 aromatic heterocycles. The second-order valence-corrected chi connectivity index (χ2v) is 4.99. The standard InChI is InChI=1S/C15H15ClN2O3/c1-10(21-15(20)13-7-4-8-18(13)2)14(19)17-12-6-3-5-11(16)9-12/h3-10H,1-2H3,(H,17,19)/t10-/m0/s1. The van der Waals surface area contributed by atoms with Crippen LogP contribution in [-0.2, 0) is 16.6 Å². The Morgan fingerprint density at radius 2 is 2.05 bits per heavy atom. The number of nitrogens with zero attached hydrogens (tertiary/aromatic N) is 1. The lowest BCUT2D eigenvalue weighted by atomic mass is 10.3. The van der Waals surface area contributed by atoms with Crippen molar-refractivity contribution in [2.45, 2.75) is 13.0 Å². The van der Waals surface area contributed by atoms with E-state index >= 15 is 0 Å². The van der Waals surface area contributed by atoms with Crippen molar-refractivity contribution in [1.29, 1.82) is 0 Å². The summed E-state index contributed by atoms with van der Waals surface area (Å²) in [5, 5.41) is 3.16. The summed E-state index contributed by atoms with van der Waals surface area (Å²) in [7, 11) is 1.73. The van der Waals surface area contributed by atoms with Crippen molar-refractivity contribution < 1.29 is 14.3 Å². The zero-order valence-corrected chi connectivity index (χ0v) is 12.4. The summed E-state index contributed by atoms with van der Waals surface area (Å²) in [6.45, 7) is 1.51. The van der Waals surface area contributed by atoms with Crippen LogP contribution < -0.4 is 5.32 Å². The molecule has 0 radical (unpaired) electrons. The Kier molecular flexibility index (Phi) is 4.65. The van der Waals surface area contributed by atoms with Crippen LogP contribution in [-0.4, -0.2) is 22.5 Å². The molecule has 21 heavy (non-hydrogen) atoms. The lowest BCUT2D eigenvalue weighted by molar-refractivity contribution is -0.123. The summed E-state index contributed by atoms with van der Waals surface area (Å²) < 4.78 is 6.76. The molecule has 0 spiro atoms. The van der Waals surface area contributed by atoms with Gasteiger partial charge in [0.05, 0.1) is 0 Å². The van der Waals surface area contributed by atoms with Crippen LogP contribution in [0.3, 0.4) is 0 Å². The van der Waals surface area contributed by atoms with Gasteiger partial charge in [-0.05, 0) is 37.3 Å². The lowest BCUT2D eigenvalue weighted by Gasteiger charge is -2.14. The first-order valence-corrected chi connectivity index (χ1v) is 6.74. The third kappa shape index (κ3) is 3.86. The zero-order chi connectivity index (χ0) is 15.4. The van der Waals surface area contributed by atoms with E-state index in [4.69, 9.17) is 16.3 Å². The summed E-state index contributed by atoms with van der Waals surface area (Å²) in [5.74, 6) is -0.962. The van der Waals surface area contributed by atoms with Crippen LogP contribution in [0.25, 0.3) is 0 Å². The number of hydrogen-bond donors (Lipinski definition) is 1. The van der Waals surface area contributed by atoms with E-state index in [-0.39, 0.29) is 0 Å². The van der Waals surface area contributed by atoms with Crippen LogP contribution in [0.5, 0.6) is 0 Å². The monoisotopic (exact) mass is 306 g/mol. The maximum Gasteiger partial charge on any atom is 0.355 e. The third-order valence-electron chi connectivity index (χ3n) is 2.90. The number of benzene rings is 1. The topological polar surface area (TPSA) is 60.3 Å². The normalized spacial score (nSPS) is 11.8. The van der Waals surface area contributed by atoms with Crippen LogP contribution >= 0.6 is 11.6 Å². The SMILES string of the molecule is C[C@H](OC(=O)c1cccn1C)C(=O)Nc1cccc(Cl)c1. The number of esters is 1. The maximum absolute atomic E-state index is 12.0. The third-order valence-corrected chi connectivity index (χ3v) is 3.13. The number of carbonyl (C=O) groups excluding carboxylic acids is 2. The highest BCUT2D eigenvalue weighted by molar-refractivity contribution is 6.30. The van der Waals surface area contributed by atoms with E-state index in [2.05, 4.69) is 5.32 Å². The number of carbonyl (C=O) groups is 2. The van der Waals surface area contributed by atoms with Gasteiger partial charge in [0.1, 0.15) is 5.69 Å². The second-order valence-electron chi connectivity index (χ2n) is 4.55. The largest absolute Gasteiger partial charge is 0.448 e. The summed E-state index contributed by atoms with van der Waals surface area (Å²) in [5.41, 5.74) is 0.937. The average Bonchev–Trinajstić information content (AvgIpc) is 2.85. The number of aromatic nitrogens is 1. The number of amides is 1. The Bertz CT molecular complexity index is 666. The van der Waals surface area contributed by atoms with Crippen LogP contribution in [0, 0.1) is 0 Å². The molecule has 0 saturated heterocycles. The highest BCUT2D eigenvalue weighted by Crippen LogP contribution is 2.15. The zero-order valence-electron chi connectivity index (χ0n) is 11.7. The minimum atomic E-state index is -0.911. The molecule has 0 aliphatic rings. The van der Waals surface area contributed by atoms with Crippen molar-refractivity contribution in [3.63, 3.8) is 0 Å². The van der Waals surface area contributed by atoms with E-state index in [1.807, 2.05) is 0 Å². The van der Waals surface area contributed by atoms with Crippen molar-refractivity contribution in [2.24, 2.45) is 7.05 Å². The van der Waals surface area contributed by atoms with Crippen molar-refractivity contribution >= 4 is 29.2 Å². The van der Waals surface area contributed by atoms with Crippen LogP contribution in [0.15, 0.2) is 42.6 Å². The molecule has 5 nitrogen and oxygen atoms in total. The fraction of sp³-hybridized carbons (Fsp3) is 0.200. The van der Waals surface area contributed by atoms with Gasteiger partial charge in [-0.2, -0.15) is 0 Å². The maximum atomic E-state index is 12.0. The van der Waals surface area contributed by atoms with Crippen molar-refractivity contribution in [2.75, 3.05) is 5.32 Å². The molecule has 2 aromatic rings. The Labute approximate surface area is 127 Å². The highest BCUT2D eigenvalue weighted by atomic mass is 35.5. The molecule has 0 unspecified atom stereocenters. The van der Waals surface area contributed by atoms with Crippen LogP contribution in [0.1, 0.15) is 17.4 Å². The Morgan fingerprint density at radius 3 is 2.67 bits per heavy atom. The molecule has 110 valence electrons. The number of rotatable bonds is 4. The van der Waals surface area contributed by atoms with Gasteiger partial charge in [0.2, 0.25) is 0 Å². The molecule has 1 N–H and O–H groups in total. The van der Waals surface area contributed by atoms with Gasteiger partial charge >= 0.3 is 5.97 Å². The van der Waals surface area contributed by atoms with Gasteiger partial charge in [-0.3, -0.25) is 4.79 Å². The molecule has 1 heterocycles. The smallest absolute Gasteiger partial charge is 0.355 e. The number of anilines is 1. The van der Waals surface area contributed by atoms with Gasteiger partial charge in [-0.25, -0.2) is 4.79 Å². The Morgan fingerprint density at radius 1 is 1.29 bits per heavy atom. The van der Waals surface area contributed by atoms with Gasteiger partial charge in [0, 0.05) is 24.0 Å². The molecule has 0 aliphatic carbocycles. The number of hydrogen-bond acceptors (Lipinski definition) is 3. The van der Waals surface area contributed by atoms with E-state index in [1.165, 1.54) is 6.92 Å². The van der Waals surface area contributed by atoms with E-state index < -0.39 is 18.0 Å². The van der Waals surface area contributed by atoms with Crippen LogP contribution in [0.2, 0.25) is 5.02 Å². The van der Waals surface area contributed by atoms with E-state index in [0.29, 0.717) is 16.4 Å². The van der Waals surface area contributed by atoms with Crippen molar-refractivity contribution in [3.8, 4) is 0 Å². The molecule has 6 heteroatoms. The minimum absolute atomic E-state index is 0.386. The molecular weight excluding hydrogens is 292 g/mol. The van der Waals surface area contributed by atoms with Gasteiger partial charge in [0.25, 0.3) is 5.91 Å². The summed E-state index contributed by atoms with van der Waals surface area (Å²) in [6, 6.07) is 10.1. The Balaban J connectivity index is 1.97. The molecule has 1 amide bonds. The first-order chi connectivity index (χ1) is 9.97. The lowest BCUT2D eigenvalue weighted by Crippen LogP contribution is -2.30. The summed E-state index contributed by atoms with van der Waals surface area (Å²) in [4.78, 5) is 23.9. The molecule has 1 atom stereocenters. The molecule has 1 aromatic carbocycles. The first kappa shape index (κ1) is 15.1. The average molecular weight is 307 g/mol. The predicted molar refractivity (Wildman–Crippen MR) is 80.4 cm³/mol. The molecule has 2 rings (SSSR count). The number of aryl methyl sites for hydroxylation is 1. The Hall–Kier alpha value is -2.27. The minimum Gasteiger partial charge on any atom is -0.448 e. The predicted octanol–water partition coefficient (Wildman–Crippen LogP) is 2.86. The number of ether oxygens (including phenoxy) is 1. The summed E-state index contributed by atoms with van der Waals surface area (Å²) >= 11 is 5.84. The van der Waals surface area contributed by atoms with Gasteiger partial charge in [-0.1, -0.05) is 17.7 Å². The van der Waals surface area contributed by atoms with E-state index in [1.54, 1.807) is 54.2 Å². The second kappa shape index (κ2) is 6.45. The molecular formula is C15H15ClN2O3. The van der Waals surface area contributed by atoms with Crippen LogP contribution in [0.4, 0.5) is 5.69 Å². The molecule has 0 fully saturated rings.